The fraction of sp³-hybridized carbons (Fsp3) is 0.417. The van der Waals surface area contributed by atoms with E-state index in [1.54, 1.807) is 6.07 Å². The van der Waals surface area contributed by atoms with Gasteiger partial charge in [0.05, 0.1) is 0 Å². The van der Waals surface area contributed by atoms with Gasteiger partial charge in [-0.05, 0) is 12.5 Å². The van der Waals surface area contributed by atoms with Crippen LogP contribution in [0.2, 0.25) is 0 Å². The van der Waals surface area contributed by atoms with Crippen LogP contribution >= 0.6 is 25.3 Å². The topological polar surface area (TPSA) is 38.3 Å². The maximum atomic E-state index is 11.2. The lowest BCUT2D eigenvalue weighted by atomic mass is 10.1. The number of hydrogen-bond acceptors (Lipinski definition) is 4. The van der Waals surface area contributed by atoms with Gasteiger partial charge in [-0.1, -0.05) is 25.1 Å². The van der Waals surface area contributed by atoms with Gasteiger partial charge in [-0.25, -0.2) is 4.79 Å². The van der Waals surface area contributed by atoms with Crippen molar-refractivity contribution in [2.45, 2.75) is 23.8 Å². The zero-order valence-corrected chi connectivity index (χ0v) is 11.7. The molecule has 1 N–H and O–H groups in total. The highest BCUT2D eigenvalue weighted by molar-refractivity contribution is 7.85. The second-order valence-electron chi connectivity index (χ2n) is 3.60. The Bertz CT molecular complexity index is 385. The van der Waals surface area contributed by atoms with Crippen LogP contribution in [0.3, 0.4) is 0 Å². The molecule has 5 heteroatoms. The molecule has 0 aliphatic heterocycles. The number of amides is 1. The van der Waals surface area contributed by atoms with Crippen molar-refractivity contribution < 1.29 is 9.53 Å². The largest absolute Gasteiger partial charge is 0.412 e. The molecule has 0 saturated carbocycles. The van der Waals surface area contributed by atoms with Gasteiger partial charge in [0.1, 0.15) is 5.75 Å². The van der Waals surface area contributed by atoms with Crippen LogP contribution in [-0.4, -0.2) is 18.4 Å². The molecule has 0 radical (unpaired) electrons. The summed E-state index contributed by atoms with van der Waals surface area (Å²) in [5, 5.41) is 2.47. The van der Waals surface area contributed by atoms with Gasteiger partial charge in [0.15, 0.2) is 0 Å². The number of carbonyl (C=O) groups is 1. The minimum atomic E-state index is -0.481. The Morgan fingerprint density at radius 3 is 2.65 bits per heavy atom. The number of benzene rings is 1. The van der Waals surface area contributed by atoms with Gasteiger partial charge in [-0.15, -0.1) is 0 Å². The predicted octanol–water partition coefficient (Wildman–Crippen LogP) is 3.08. The van der Waals surface area contributed by atoms with Crippen molar-refractivity contribution in [3.63, 3.8) is 0 Å². The van der Waals surface area contributed by atoms with Gasteiger partial charge in [-0.3, -0.25) is 0 Å². The van der Waals surface area contributed by atoms with Crippen LogP contribution < -0.4 is 10.1 Å². The average Bonchev–Trinajstić information content (AvgIpc) is 2.37. The van der Waals surface area contributed by atoms with Gasteiger partial charge in [-0.2, -0.15) is 25.3 Å². The molecule has 0 saturated heterocycles. The van der Waals surface area contributed by atoms with E-state index in [1.165, 1.54) is 7.05 Å². The first-order valence-corrected chi connectivity index (χ1v) is 6.48. The second-order valence-corrected chi connectivity index (χ2v) is 4.82. The number of para-hydroxylation sites is 1. The molecule has 0 spiro atoms. The van der Waals surface area contributed by atoms with Crippen molar-refractivity contribution in [3.8, 4) is 5.75 Å². The third-order valence-corrected chi connectivity index (χ3v) is 3.96. The van der Waals surface area contributed by atoms with Gasteiger partial charge in [0, 0.05) is 23.1 Å². The Labute approximate surface area is 113 Å². The third kappa shape index (κ3) is 3.85. The Morgan fingerprint density at radius 1 is 1.41 bits per heavy atom. The predicted molar refractivity (Wildman–Crippen MR) is 76.3 cm³/mol. The summed E-state index contributed by atoms with van der Waals surface area (Å²) in [7, 11) is 1.52. The molecule has 0 aliphatic carbocycles. The normalized spacial score (nSPS) is 13.9. The fourth-order valence-electron chi connectivity index (χ4n) is 1.40. The maximum absolute atomic E-state index is 11.2. The zero-order chi connectivity index (χ0) is 12.8. The van der Waals surface area contributed by atoms with E-state index in [2.05, 4.69) is 30.6 Å². The molecule has 1 aromatic carbocycles. The standard InChI is InChI=1S/C12H17NO2S2/c1-3-10(16)11(17)8-6-4-5-7-9(8)15-12(14)13-2/h4-7,10-11,16-17H,3H2,1-2H3,(H,13,14). The second kappa shape index (κ2) is 6.81. The van der Waals surface area contributed by atoms with Crippen LogP contribution in [0.5, 0.6) is 5.75 Å². The van der Waals surface area contributed by atoms with Gasteiger partial charge in [0.25, 0.3) is 0 Å². The maximum Gasteiger partial charge on any atom is 0.412 e. The molecule has 0 fully saturated rings. The number of nitrogens with one attached hydrogen (secondary N) is 1. The van der Waals surface area contributed by atoms with Crippen LogP contribution in [-0.2, 0) is 0 Å². The lowest BCUT2D eigenvalue weighted by molar-refractivity contribution is 0.202. The van der Waals surface area contributed by atoms with Gasteiger partial charge >= 0.3 is 6.09 Å². The van der Waals surface area contributed by atoms with E-state index in [0.29, 0.717) is 5.75 Å². The first kappa shape index (κ1) is 14.3. The van der Waals surface area contributed by atoms with E-state index in [1.807, 2.05) is 25.1 Å². The Balaban J connectivity index is 2.94. The molecule has 2 unspecified atom stereocenters. The van der Waals surface area contributed by atoms with E-state index in [9.17, 15) is 4.79 Å². The molecule has 1 amide bonds. The summed E-state index contributed by atoms with van der Waals surface area (Å²) in [4.78, 5) is 11.2. The zero-order valence-electron chi connectivity index (χ0n) is 9.88. The van der Waals surface area contributed by atoms with Crippen molar-refractivity contribution in [1.29, 1.82) is 0 Å². The lowest BCUT2D eigenvalue weighted by Crippen LogP contribution is -2.23. The van der Waals surface area contributed by atoms with E-state index >= 15 is 0 Å². The summed E-state index contributed by atoms with van der Waals surface area (Å²) < 4.78 is 5.18. The number of thiol groups is 2. The average molecular weight is 271 g/mol. The van der Waals surface area contributed by atoms with Crippen LogP contribution in [0.25, 0.3) is 0 Å². The van der Waals surface area contributed by atoms with E-state index < -0.39 is 6.09 Å². The molecule has 0 bridgehead atoms. The summed E-state index contributed by atoms with van der Waals surface area (Å²) >= 11 is 8.99. The quantitative estimate of drug-likeness (QED) is 0.736. The van der Waals surface area contributed by atoms with E-state index in [0.717, 1.165) is 12.0 Å². The molecule has 3 nitrogen and oxygen atoms in total. The van der Waals surface area contributed by atoms with Crippen molar-refractivity contribution in [2.24, 2.45) is 0 Å². The lowest BCUT2D eigenvalue weighted by Gasteiger charge is -2.19. The van der Waals surface area contributed by atoms with Gasteiger partial charge < -0.3 is 10.1 Å². The van der Waals surface area contributed by atoms with Crippen LogP contribution in [0.1, 0.15) is 24.2 Å². The molecule has 1 rings (SSSR count). The van der Waals surface area contributed by atoms with Gasteiger partial charge in [0.2, 0.25) is 0 Å². The minimum absolute atomic E-state index is 0.0656. The summed E-state index contributed by atoms with van der Waals surface area (Å²) in [6.07, 6.45) is 0.413. The first-order chi connectivity index (χ1) is 8.10. The minimum Gasteiger partial charge on any atom is -0.410 e. The third-order valence-electron chi connectivity index (χ3n) is 2.43. The SMILES string of the molecule is CCC(S)C(S)c1ccccc1OC(=O)NC. The summed E-state index contributed by atoms with van der Waals surface area (Å²) in [6, 6.07) is 7.37. The Morgan fingerprint density at radius 2 is 2.06 bits per heavy atom. The molecule has 17 heavy (non-hydrogen) atoms. The van der Waals surface area contributed by atoms with Crippen molar-refractivity contribution in [2.75, 3.05) is 7.05 Å². The molecular weight excluding hydrogens is 254 g/mol. The monoisotopic (exact) mass is 271 g/mol. The Hall–Kier alpha value is -0.810. The highest BCUT2D eigenvalue weighted by Crippen LogP contribution is 2.35. The van der Waals surface area contributed by atoms with E-state index in [-0.39, 0.29) is 10.5 Å². The number of hydrogen-bond donors (Lipinski definition) is 3. The molecule has 0 heterocycles. The van der Waals surface area contributed by atoms with Crippen LogP contribution in [0.4, 0.5) is 4.79 Å². The van der Waals surface area contributed by atoms with E-state index in [4.69, 9.17) is 4.74 Å². The van der Waals surface area contributed by atoms with Crippen molar-refractivity contribution >= 4 is 31.4 Å². The van der Waals surface area contributed by atoms with Crippen LogP contribution in [0.15, 0.2) is 24.3 Å². The molecule has 2 atom stereocenters. The smallest absolute Gasteiger partial charge is 0.410 e. The van der Waals surface area contributed by atoms with Crippen LogP contribution in [0, 0.1) is 0 Å². The summed E-state index contributed by atoms with van der Waals surface area (Å²) in [5.41, 5.74) is 0.876. The molecule has 1 aromatic rings. The summed E-state index contributed by atoms with van der Waals surface area (Å²) in [5.74, 6) is 0.527. The highest BCUT2D eigenvalue weighted by Gasteiger charge is 2.19. The molecule has 94 valence electrons. The molecule has 0 aromatic heterocycles. The van der Waals surface area contributed by atoms with Crippen molar-refractivity contribution in [1.82, 2.24) is 5.32 Å². The molecular formula is C12H17NO2S2. The van der Waals surface area contributed by atoms with Crippen molar-refractivity contribution in [3.05, 3.63) is 29.8 Å². The Kier molecular flexibility index (Phi) is 5.71. The molecule has 0 aliphatic rings. The first-order valence-electron chi connectivity index (χ1n) is 5.44. The highest BCUT2D eigenvalue weighted by atomic mass is 32.1. The summed E-state index contributed by atoms with van der Waals surface area (Å²) in [6.45, 7) is 2.04. The number of rotatable bonds is 4. The number of carbonyl (C=O) groups excluding carboxylic acids is 1. The fourth-order valence-corrected chi connectivity index (χ4v) is 1.98. The number of ether oxygens (including phenoxy) is 1.